The van der Waals surface area contributed by atoms with Crippen molar-refractivity contribution in [2.24, 2.45) is 0 Å². The molecule has 0 radical (unpaired) electrons. The molecule has 14 rings (SSSR count). The van der Waals surface area contributed by atoms with E-state index in [4.69, 9.17) is 0 Å². The van der Waals surface area contributed by atoms with Gasteiger partial charge in [-0.25, -0.2) is 0 Å². The zero-order valence-electron chi connectivity index (χ0n) is 36.0. The largest absolute Gasteiger partial charge is 0.326 e. The highest BCUT2D eigenvalue weighted by Gasteiger charge is 2.28. The van der Waals surface area contributed by atoms with Gasteiger partial charge < -0.3 is 14.0 Å². The first-order valence-corrected chi connectivity index (χ1v) is 22.8. The molecule has 2 aromatic heterocycles. The highest BCUT2D eigenvalue weighted by atomic mass is 15.2. The van der Waals surface area contributed by atoms with E-state index in [0.717, 1.165) is 29.3 Å². The van der Waals surface area contributed by atoms with Crippen molar-refractivity contribution in [3.8, 4) is 11.4 Å². The van der Waals surface area contributed by atoms with Crippen LogP contribution in [0.5, 0.6) is 0 Å². The van der Waals surface area contributed by atoms with Crippen molar-refractivity contribution in [2.45, 2.75) is 0 Å². The number of aromatic nitrogens is 2. The molecule has 0 bridgehead atoms. The van der Waals surface area contributed by atoms with Crippen molar-refractivity contribution in [3.63, 3.8) is 0 Å². The van der Waals surface area contributed by atoms with Crippen LogP contribution in [0.15, 0.2) is 231 Å². The molecule has 4 heteroatoms. The van der Waals surface area contributed by atoms with Crippen LogP contribution >= 0.6 is 0 Å². The van der Waals surface area contributed by atoms with Crippen molar-refractivity contribution in [3.05, 3.63) is 272 Å². The highest BCUT2D eigenvalue weighted by molar-refractivity contribution is 6.12. The maximum Gasteiger partial charge on any atom is 0.235 e. The van der Waals surface area contributed by atoms with Gasteiger partial charge in [-0.2, -0.15) is 4.58 Å². The average molecular weight is 842 g/mol. The predicted molar refractivity (Wildman–Crippen MR) is 273 cm³/mol. The average Bonchev–Trinajstić information content (AvgIpc) is 3.90. The second-order valence-electron chi connectivity index (χ2n) is 17.5. The molecule has 0 saturated heterocycles. The van der Waals surface area contributed by atoms with E-state index in [1.807, 2.05) is 0 Å². The molecule has 0 saturated carbocycles. The van der Waals surface area contributed by atoms with Crippen LogP contribution in [-0.4, -0.2) is 21.9 Å². The summed E-state index contributed by atoms with van der Waals surface area (Å²) in [5, 5.41) is 14.7. The second kappa shape index (κ2) is 14.4. The molecule has 66 heavy (non-hydrogen) atoms. The van der Waals surface area contributed by atoms with Crippen LogP contribution in [0.1, 0.15) is 0 Å². The third kappa shape index (κ3) is 5.42. The van der Waals surface area contributed by atoms with E-state index in [0.29, 0.717) is 0 Å². The third-order valence-corrected chi connectivity index (χ3v) is 14.0. The lowest BCUT2D eigenvalue weighted by Gasteiger charge is -2.27. The summed E-state index contributed by atoms with van der Waals surface area (Å²) >= 11 is 0. The summed E-state index contributed by atoms with van der Waals surface area (Å²) in [6.45, 7) is 0.731. The van der Waals surface area contributed by atoms with Crippen molar-refractivity contribution in [1.29, 1.82) is 0 Å². The zero-order valence-corrected chi connectivity index (χ0v) is 36.0. The molecule has 0 spiro atoms. The fourth-order valence-electron chi connectivity index (χ4n) is 11.1. The number of rotatable bonds is 4. The summed E-state index contributed by atoms with van der Waals surface area (Å²) < 4.78 is 7.27. The van der Waals surface area contributed by atoms with Crippen LogP contribution in [0.25, 0.3) is 55.0 Å². The lowest BCUT2D eigenvalue weighted by atomic mass is 9.99. The van der Waals surface area contributed by atoms with E-state index in [-0.39, 0.29) is 0 Å². The molecule has 308 valence electrons. The number of fused-ring (bicyclic) bond motifs is 11. The Morgan fingerprint density at radius 3 is 1.36 bits per heavy atom. The molecule has 12 aromatic rings. The Morgan fingerprint density at radius 1 is 0.303 bits per heavy atom. The third-order valence-electron chi connectivity index (χ3n) is 14.0. The van der Waals surface area contributed by atoms with E-state index < -0.39 is 0 Å². The normalized spacial score (nSPS) is 12.8. The van der Waals surface area contributed by atoms with E-state index in [1.165, 1.54) is 96.7 Å². The number of anilines is 2. The summed E-state index contributed by atoms with van der Waals surface area (Å²) in [6, 6.07) is 85.0. The van der Waals surface area contributed by atoms with Crippen LogP contribution in [0, 0.1) is 41.7 Å². The molecule has 0 amide bonds. The molecule has 0 unspecified atom stereocenters. The minimum atomic E-state index is 0.731. The maximum absolute atomic E-state index is 2.47. The van der Waals surface area contributed by atoms with Crippen molar-refractivity contribution >= 4 is 72.6 Å². The summed E-state index contributed by atoms with van der Waals surface area (Å²) in [4.78, 5) is 2.46. The Balaban J connectivity index is 1.11. The number of hydrogen-bond donors (Lipinski definition) is 0. The first kappa shape index (κ1) is 36.7. The molecule has 0 atom stereocenters. The monoisotopic (exact) mass is 841 g/mol. The van der Waals surface area contributed by atoms with Crippen LogP contribution < -0.4 is 9.48 Å². The molecule has 10 aromatic carbocycles. The van der Waals surface area contributed by atoms with E-state index in [9.17, 15) is 0 Å². The molecule has 0 N–H and O–H groups in total. The minimum Gasteiger partial charge on any atom is -0.326 e. The molecular weight excluding hydrogens is 801 g/mol. The molecule has 1 aliphatic heterocycles. The maximum atomic E-state index is 2.47. The molecule has 3 heterocycles. The fourth-order valence-corrected chi connectivity index (χ4v) is 11.1. The van der Waals surface area contributed by atoms with Gasteiger partial charge in [0.15, 0.2) is 6.21 Å². The van der Waals surface area contributed by atoms with Gasteiger partial charge in [0.25, 0.3) is 0 Å². The highest BCUT2D eigenvalue weighted by Crippen LogP contribution is 2.40. The minimum absolute atomic E-state index is 0.731. The van der Waals surface area contributed by atoms with Gasteiger partial charge in [0.2, 0.25) is 11.4 Å². The Kier molecular flexibility index (Phi) is 8.01. The topological polar surface area (TPSA) is 16.1 Å². The number of hydrogen-bond acceptors (Lipinski definition) is 1. The van der Waals surface area contributed by atoms with Crippen molar-refractivity contribution in [2.75, 3.05) is 11.4 Å². The summed E-state index contributed by atoms with van der Waals surface area (Å²) in [6.07, 6.45) is 2.32. The van der Waals surface area contributed by atoms with E-state index >= 15 is 0 Å². The molecule has 4 nitrogen and oxygen atoms in total. The summed E-state index contributed by atoms with van der Waals surface area (Å²) in [5.74, 6) is 0. The van der Waals surface area contributed by atoms with Gasteiger partial charge in [-0.15, -0.1) is 0 Å². The number of benzene rings is 10. The lowest BCUT2D eigenvalue weighted by molar-refractivity contribution is 0.994. The quantitative estimate of drug-likeness (QED) is 0.161. The van der Waals surface area contributed by atoms with Crippen molar-refractivity contribution < 1.29 is 0 Å². The number of nitrogens with zero attached hydrogens (tertiary/aromatic N) is 4. The van der Waals surface area contributed by atoms with Gasteiger partial charge in [0.1, 0.15) is 12.2 Å². The Hall–Kier alpha value is -8.73. The smallest absolute Gasteiger partial charge is 0.235 e. The molecule has 2 aliphatic rings. The van der Waals surface area contributed by atoms with Gasteiger partial charge in [-0.05, 0) is 108 Å². The molecular formula is C62H41N4+. The van der Waals surface area contributed by atoms with Crippen LogP contribution in [0.4, 0.5) is 22.7 Å². The SMILES string of the molecule is C1=[N+](c2ccccc2)c2cc3c(cc2N(c2ccccc2)C1)=c1cc(-n2c4ccccc4c4cc(-n5c6ccccc6c6ccccc65)ccc42)ccc1=c1ccccc1=c1ccccc1=3. The van der Waals surface area contributed by atoms with Gasteiger partial charge in [-0.3, -0.25) is 0 Å². The van der Waals surface area contributed by atoms with E-state index in [1.54, 1.807) is 0 Å². The van der Waals surface area contributed by atoms with Crippen molar-refractivity contribution in [1.82, 2.24) is 13.7 Å². The summed E-state index contributed by atoms with van der Waals surface area (Å²) in [7, 11) is 0. The molecule has 1 aliphatic carbocycles. The van der Waals surface area contributed by atoms with Gasteiger partial charge >= 0.3 is 0 Å². The Bertz CT molecular complexity index is 4380. The van der Waals surface area contributed by atoms with Gasteiger partial charge in [-0.1, -0.05) is 146 Å². The van der Waals surface area contributed by atoms with Gasteiger partial charge in [0, 0.05) is 56.8 Å². The van der Waals surface area contributed by atoms with Gasteiger partial charge in [0.05, 0.1) is 22.1 Å². The van der Waals surface area contributed by atoms with Crippen LogP contribution in [0.2, 0.25) is 0 Å². The van der Waals surface area contributed by atoms with Crippen LogP contribution in [0.3, 0.4) is 0 Å². The fraction of sp³-hybridized carbons (Fsp3) is 0.0161. The first-order valence-electron chi connectivity index (χ1n) is 22.8. The van der Waals surface area contributed by atoms with E-state index in [2.05, 4.69) is 255 Å². The predicted octanol–water partition coefficient (Wildman–Crippen LogP) is 14.4. The Morgan fingerprint density at radius 2 is 0.742 bits per heavy atom. The Labute approximate surface area is 379 Å². The summed E-state index contributed by atoms with van der Waals surface area (Å²) in [5.41, 5.74) is 11.7. The zero-order chi connectivity index (χ0) is 43.3. The second-order valence-corrected chi connectivity index (χ2v) is 17.5. The first-order chi connectivity index (χ1) is 32.8. The number of para-hydroxylation sites is 5. The van der Waals surface area contributed by atoms with Crippen LogP contribution in [-0.2, 0) is 0 Å². The lowest BCUT2D eigenvalue weighted by Crippen LogP contribution is -2.29. The molecule has 0 fully saturated rings. The standard InChI is InChI=1S/C62H41N4/c1-3-17-41(18-4-1)63-35-36-64(42-19-5-2-6-20-42)62-40-55-53-37-43(31-33-49(53)47-23-8-7-21-45(47)46-22-9-10-24-48(46)54(55)39-61(62)63)66-59-30-16-13-27-52(59)56-38-44(32-34-60(56)66)65-57-28-14-11-25-50(57)51-26-12-15-29-58(51)65/h1-35,37-40H,36H2/q+1.